The highest BCUT2D eigenvalue weighted by molar-refractivity contribution is 5.67. The van der Waals surface area contributed by atoms with Crippen molar-refractivity contribution in [3.8, 4) is 0 Å². The number of carboxylic acid groups (broad SMARTS) is 1. The van der Waals surface area contributed by atoms with Gasteiger partial charge in [0.05, 0.1) is 6.42 Å². The average Bonchev–Trinajstić information content (AvgIpc) is 1.94. The normalized spacial score (nSPS) is 23.2. The molecule has 1 rings (SSSR count). The molecule has 0 heterocycles. The van der Waals surface area contributed by atoms with E-state index < -0.39 is 49.4 Å². The summed E-state index contributed by atoms with van der Waals surface area (Å²) in [6.45, 7) is 0. The molecule has 0 aromatic carbocycles. The first-order valence-corrected chi connectivity index (χ1v) is 4.19. The van der Waals surface area contributed by atoms with E-state index in [0.717, 1.165) is 0 Å². The fraction of sp³-hybridized carbons (Fsp3) is 0.875. The average molecular weight is 214 g/mol. The third-order valence-corrected chi connectivity index (χ3v) is 2.46. The van der Waals surface area contributed by atoms with Gasteiger partial charge in [0.1, 0.15) is 0 Å². The Labute approximate surface area is 77.9 Å². The smallest absolute Gasteiger partial charge is 0.303 e. The summed E-state index contributed by atoms with van der Waals surface area (Å²) in [6, 6.07) is 0. The molecular formula is C8H10F4O2. The first kappa shape index (κ1) is 11.3. The Kier molecular flexibility index (Phi) is 3.01. The molecule has 1 aliphatic carbocycles. The van der Waals surface area contributed by atoms with E-state index in [-0.39, 0.29) is 0 Å². The molecule has 0 aliphatic heterocycles. The van der Waals surface area contributed by atoms with Gasteiger partial charge in [-0.15, -0.1) is 0 Å². The molecule has 6 heteroatoms. The van der Waals surface area contributed by atoms with Crippen LogP contribution in [0.5, 0.6) is 0 Å². The fourth-order valence-electron chi connectivity index (χ4n) is 1.67. The Morgan fingerprint density at radius 2 is 1.93 bits per heavy atom. The summed E-state index contributed by atoms with van der Waals surface area (Å²) in [6.07, 6.45) is -4.81. The van der Waals surface area contributed by atoms with Crippen molar-refractivity contribution in [3.63, 3.8) is 0 Å². The van der Waals surface area contributed by atoms with Gasteiger partial charge in [0, 0.05) is 18.8 Å². The second kappa shape index (κ2) is 3.74. The maximum absolute atomic E-state index is 12.4. The van der Waals surface area contributed by atoms with Gasteiger partial charge in [-0.05, 0) is 5.92 Å². The summed E-state index contributed by atoms with van der Waals surface area (Å²) in [5, 5.41) is 8.31. The van der Waals surface area contributed by atoms with Crippen LogP contribution in [0.15, 0.2) is 0 Å². The lowest BCUT2D eigenvalue weighted by Gasteiger charge is -2.39. The molecule has 0 aromatic heterocycles. The van der Waals surface area contributed by atoms with Gasteiger partial charge < -0.3 is 5.11 Å². The molecule has 0 amide bonds. The van der Waals surface area contributed by atoms with Gasteiger partial charge in [-0.3, -0.25) is 4.79 Å². The first-order chi connectivity index (χ1) is 6.32. The summed E-state index contributed by atoms with van der Waals surface area (Å²) >= 11 is 0. The Balaban J connectivity index is 2.49. The zero-order chi connectivity index (χ0) is 10.9. The van der Waals surface area contributed by atoms with Crippen LogP contribution in [0.1, 0.15) is 19.3 Å². The molecule has 82 valence electrons. The van der Waals surface area contributed by atoms with Crippen molar-refractivity contribution in [1.29, 1.82) is 0 Å². The summed E-state index contributed by atoms with van der Waals surface area (Å²) in [5.41, 5.74) is 0. The van der Waals surface area contributed by atoms with E-state index in [9.17, 15) is 22.4 Å². The summed E-state index contributed by atoms with van der Waals surface area (Å²) < 4.78 is 49.3. The predicted molar refractivity (Wildman–Crippen MR) is 39.4 cm³/mol. The number of hydrogen-bond donors (Lipinski definition) is 1. The molecule has 1 aliphatic rings. The number of hydrogen-bond acceptors (Lipinski definition) is 1. The molecule has 1 fully saturated rings. The topological polar surface area (TPSA) is 37.3 Å². The highest BCUT2D eigenvalue weighted by Crippen LogP contribution is 2.48. The molecule has 0 radical (unpaired) electrons. The fourth-order valence-corrected chi connectivity index (χ4v) is 1.67. The van der Waals surface area contributed by atoms with Crippen LogP contribution in [0.4, 0.5) is 17.6 Å². The van der Waals surface area contributed by atoms with Crippen LogP contribution in [0.3, 0.4) is 0 Å². The number of halogens is 4. The molecule has 1 saturated carbocycles. The van der Waals surface area contributed by atoms with Crippen LogP contribution in [-0.2, 0) is 4.79 Å². The molecule has 1 unspecified atom stereocenters. The minimum Gasteiger partial charge on any atom is -0.481 e. The van der Waals surface area contributed by atoms with Crippen LogP contribution in [0, 0.1) is 11.8 Å². The SMILES string of the molecule is O=C(O)CC(C(F)F)C1CC(F)(F)C1. The van der Waals surface area contributed by atoms with Crippen LogP contribution in [0.25, 0.3) is 0 Å². The van der Waals surface area contributed by atoms with Gasteiger partial charge in [-0.1, -0.05) is 0 Å². The van der Waals surface area contributed by atoms with E-state index in [1.165, 1.54) is 0 Å². The predicted octanol–water partition coefficient (Wildman–Crippen LogP) is 2.39. The van der Waals surface area contributed by atoms with Crippen LogP contribution in [-0.4, -0.2) is 23.4 Å². The molecule has 1 atom stereocenters. The number of aliphatic carboxylic acids is 1. The summed E-state index contributed by atoms with van der Waals surface area (Å²) in [5.74, 6) is -6.55. The summed E-state index contributed by atoms with van der Waals surface area (Å²) in [7, 11) is 0. The second-order valence-corrected chi connectivity index (χ2v) is 3.62. The second-order valence-electron chi connectivity index (χ2n) is 3.62. The van der Waals surface area contributed by atoms with Crippen LogP contribution in [0.2, 0.25) is 0 Å². The standard InChI is InChI=1S/C8H10F4O2/c9-7(10)5(1-6(13)14)4-2-8(11,12)3-4/h4-5,7H,1-3H2,(H,13,14). The number of carboxylic acids is 1. The van der Waals surface area contributed by atoms with Gasteiger partial charge in [0.15, 0.2) is 0 Å². The lowest BCUT2D eigenvalue weighted by atomic mass is 9.72. The molecule has 1 N–H and O–H groups in total. The van der Waals surface area contributed by atoms with E-state index >= 15 is 0 Å². The molecule has 0 bridgehead atoms. The lowest BCUT2D eigenvalue weighted by Crippen LogP contribution is -2.42. The Hall–Kier alpha value is -0.810. The zero-order valence-electron chi connectivity index (χ0n) is 7.22. The van der Waals surface area contributed by atoms with Gasteiger partial charge in [-0.25, -0.2) is 17.6 Å². The Morgan fingerprint density at radius 1 is 1.43 bits per heavy atom. The Bertz CT molecular complexity index is 221. The van der Waals surface area contributed by atoms with Crippen LogP contribution < -0.4 is 0 Å². The minimum atomic E-state index is -2.88. The van der Waals surface area contributed by atoms with Crippen molar-refractivity contribution in [2.45, 2.75) is 31.6 Å². The highest BCUT2D eigenvalue weighted by atomic mass is 19.3. The van der Waals surface area contributed by atoms with E-state index in [1.54, 1.807) is 0 Å². The van der Waals surface area contributed by atoms with Crippen molar-refractivity contribution in [2.75, 3.05) is 0 Å². The van der Waals surface area contributed by atoms with E-state index in [2.05, 4.69) is 0 Å². The maximum Gasteiger partial charge on any atom is 0.303 e. The quantitative estimate of drug-likeness (QED) is 0.729. The van der Waals surface area contributed by atoms with Crippen molar-refractivity contribution in [1.82, 2.24) is 0 Å². The molecule has 0 saturated heterocycles. The van der Waals surface area contributed by atoms with Crippen molar-refractivity contribution < 1.29 is 27.5 Å². The molecule has 14 heavy (non-hydrogen) atoms. The minimum absolute atomic E-state index is 0.616. The van der Waals surface area contributed by atoms with Crippen LogP contribution >= 0.6 is 0 Å². The number of carbonyl (C=O) groups is 1. The highest BCUT2D eigenvalue weighted by Gasteiger charge is 2.50. The maximum atomic E-state index is 12.4. The monoisotopic (exact) mass is 214 g/mol. The largest absolute Gasteiger partial charge is 0.481 e. The van der Waals surface area contributed by atoms with Crippen molar-refractivity contribution >= 4 is 5.97 Å². The van der Waals surface area contributed by atoms with E-state index in [4.69, 9.17) is 5.11 Å². The van der Waals surface area contributed by atoms with Gasteiger partial charge in [0.2, 0.25) is 12.3 Å². The Morgan fingerprint density at radius 3 is 2.21 bits per heavy atom. The first-order valence-electron chi connectivity index (χ1n) is 4.19. The zero-order valence-corrected chi connectivity index (χ0v) is 7.22. The number of rotatable bonds is 4. The molecular weight excluding hydrogens is 204 g/mol. The molecule has 2 nitrogen and oxygen atoms in total. The van der Waals surface area contributed by atoms with Gasteiger partial charge in [0.25, 0.3) is 0 Å². The van der Waals surface area contributed by atoms with E-state index in [0.29, 0.717) is 0 Å². The molecule has 0 spiro atoms. The molecule has 0 aromatic rings. The number of alkyl halides is 4. The third kappa shape index (κ3) is 2.59. The third-order valence-electron chi connectivity index (χ3n) is 2.46. The van der Waals surface area contributed by atoms with Gasteiger partial charge in [-0.2, -0.15) is 0 Å². The summed E-state index contributed by atoms with van der Waals surface area (Å²) in [4.78, 5) is 10.2. The van der Waals surface area contributed by atoms with E-state index in [1.807, 2.05) is 0 Å². The lowest BCUT2D eigenvalue weighted by molar-refractivity contribution is -0.157. The van der Waals surface area contributed by atoms with Crippen molar-refractivity contribution in [2.24, 2.45) is 11.8 Å². The van der Waals surface area contributed by atoms with Gasteiger partial charge >= 0.3 is 5.97 Å². The van der Waals surface area contributed by atoms with Crippen molar-refractivity contribution in [3.05, 3.63) is 0 Å².